The van der Waals surface area contributed by atoms with Crippen molar-refractivity contribution in [1.29, 1.82) is 0 Å². The summed E-state index contributed by atoms with van der Waals surface area (Å²) in [4.78, 5) is 14.1. The molecule has 88 valence electrons. The van der Waals surface area contributed by atoms with Crippen molar-refractivity contribution >= 4 is 11.6 Å². The third kappa shape index (κ3) is 1.87. The molecule has 5 heteroatoms. The number of hydrogen-bond donors (Lipinski definition) is 2. The van der Waals surface area contributed by atoms with E-state index in [1.165, 1.54) is 12.3 Å². The Balaban J connectivity index is 2.48. The van der Waals surface area contributed by atoms with Crippen molar-refractivity contribution in [2.45, 2.75) is 19.0 Å². The summed E-state index contributed by atoms with van der Waals surface area (Å²) in [5, 5.41) is 3.47. The predicted molar refractivity (Wildman–Crippen MR) is 61.5 cm³/mol. The first kappa shape index (κ1) is 11.6. The summed E-state index contributed by atoms with van der Waals surface area (Å²) in [5.41, 5.74) is -1.82. The van der Waals surface area contributed by atoms with Gasteiger partial charge in [0.05, 0.1) is 10.6 Å². The molecule has 0 saturated carbocycles. The van der Waals surface area contributed by atoms with E-state index in [0.29, 0.717) is 24.5 Å². The molecule has 1 aromatic rings. The van der Waals surface area contributed by atoms with Crippen LogP contribution in [0.25, 0.3) is 0 Å². The van der Waals surface area contributed by atoms with Gasteiger partial charge in [0.25, 0.3) is 5.56 Å². The van der Waals surface area contributed by atoms with Crippen LogP contribution in [0.3, 0.4) is 0 Å². The number of piperidine rings is 1. The highest BCUT2D eigenvalue weighted by atomic mass is 35.5. The van der Waals surface area contributed by atoms with Crippen molar-refractivity contribution in [2.24, 2.45) is 5.92 Å². The Bertz CT molecular complexity index is 448. The molecule has 2 atom stereocenters. The lowest BCUT2D eigenvalue weighted by molar-refractivity contribution is 0.0535. The molecule has 3 nitrogen and oxygen atoms in total. The fourth-order valence-corrected chi connectivity index (χ4v) is 2.33. The molecule has 0 amide bonds. The van der Waals surface area contributed by atoms with Gasteiger partial charge in [0.1, 0.15) is 5.67 Å². The van der Waals surface area contributed by atoms with Gasteiger partial charge < -0.3 is 10.3 Å². The highest BCUT2D eigenvalue weighted by Gasteiger charge is 2.42. The van der Waals surface area contributed by atoms with Crippen LogP contribution in [0.15, 0.2) is 17.1 Å². The van der Waals surface area contributed by atoms with Crippen molar-refractivity contribution in [1.82, 2.24) is 10.3 Å². The van der Waals surface area contributed by atoms with E-state index < -0.39 is 5.67 Å². The lowest BCUT2D eigenvalue weighted by Gasteiger charge is -2.35. The Morgan fingerprint density at radius 2 is 2.38 bits per heavy atom. The molecule has 0 aliphatic carbocycles. The highest BCUT2D eigenvalue weighted by molar-refractivity contribution is 6.30. The maximum Gasteiger partial charge on any atom is 0.254 e. The van der Waals surface area contributed by atoms with Gasteiger partial charge in [0, 0.05) is 18.7 Å². The van der Waals surface area contributed by atoms with E-state index in [9.17, 15) is 9.18 Å². The second-order valence-corrected chi connectivity index (χ2v) is 4.71. The zero-order chi connectivity index (χ0) is 11.8. The molecule has 1 aliphatic heterocycles. The molecule has 1 unspecified atom stereocenters. The van der Waals surface area contributed by atoms with Gasteiger partial charge >= 0.3 is 0 Å². The number of alkyl halides is 1. The lowest BCUT2D eigenvalue weighted by Crippen LogP contribution is -2.46. The average Bonchev–Trinajstić information content (AvgIpc) is 2.26. The fourth-order valence-electron chi connectivity index (χ4n) is 2.16. The van der Waals surface area contributed by atoms with Crippen molar-refractivity contribution in [3.05, 3.63) is 33.2 Å². The van der Waals surface area contributed by atoms with E-state index >= 15 is 0 Å². The van der Waals surface area contributed by atoms with E-state index in [0.717, 1.165) is 0 Å². The zero-order valence-electron chi connectivity index (χ0n) is 9.02. The van der Waals surface area contributed by atoms with Crippen LogP contribution in [0.4, 0.5) is 4.39 Å². The molecular weight excluding hydrogens is 231 g/mol. The van der Waals surface area contributed by atoms with Crippen LogP contribution in [0, 0.1) is 5.92 Å². The number of aromatic nitrogens is 1. The number of H-pyrrole nitrogens is 1. The largest absolute Gasteiger partial charge is 0.327 e. The van der Waals surface area contributed by atoms with Gasteiger partial charge in [-0.2, -0.15) is 0 Å². The Labute approximate surface area is 98.0 Å². The van der Waals surface area contributed by atoms with Crippen molar-refractivity contribution in [3.8, 4) is 0 Å². The van der Waals surface area contributed by atoms with E-state index in [4.69, 9.17) is 11.6 Å². The number of nitrogens with one attached hydrogen (secondary N) is 2. The molecule has 2 heterocycles. The van der Waals surface area contributed by atoms with Crippen LogP contribution in [-0.2, 0) is 5.67 Å². The SMILES string of the molecule is CC1CNCC[C@]1(F)c1cc(Cl)c[nH]c1=O. The summed E-state index contributed by atoms with van der Waals surface area (Å²) in [6, 6.07) is 1.43. The first-order chi connectivity index (χ1) is 7.54. The second kappa shape index (κ2) is 4.18. The van der Waals surface area contributed by atoms with E-state index in [2.05, 4.69) is 10.3 Å². The van der Waals surface area contributed by atoms with Crippen LogP contribution < -0.4 is 10.9 Å². The average molecular weight is 245 g/mol. The zero-order valence-corrected chi connectivity index (χ0v) is 9.77. The summed E-state index contributed by atoms with van der Waals surface area (Å²) in [6.07, 6.45) is 1.68. The molecule has 2 rings (SSSR count). The quantitative estimate of drug-likeness (QED) is 0.792. The Hall–Kier alpha value is -0.870. The Kier molecular flexibility index (Phi) is 3.04. The molecule has 0 radical (unpaired) electrons. The number of halogens is 2. The Morgan fingerprint density at radius 1 is 1.62 bits per heavy atom. The monoisotopic (exact) mass is 244 g/mol. The molecule has 1 aromatic heterocycles. The second-order valence-electron chi connectivity index (χ2n) is 4.28. The van der Waals surface area contributed by atoms with Crippen LogP contribution in [0.1, 0.15) is 18.9 Å². The molecule has 0 spiro atoms. The van der Waals surface area contributed by atoms with Crippen molar-refractivity contribution in [3.63, 3.8) is 0 Å². The molecule has 1 aliphatic rings. The van der Waals surface area contributed by atoms with Gasteiger partial charge in [-0.1, -0.05) is 18.5 Å². The maximum absolute atomic E-state index is 14.8. The molecular formula is C11H14ClFN2O. The minimum Gasteiger partial charge on any atom is -0.327 e. The normalized spacial score (nSPS) is 30.3. The standard InChI is InChI=1S/C11H14ClFN2O/c1-7-5-14-3-2-11(7,13)9-4-8(12)6-15-10(9)16/h4,6-7,14H,2-3,5H2,1H3,(H,15,16)/t7?,11-/m1/s1. The van der Waals surface area contributed by atoms with Gasteiger partial charge in [-0.05, 0) is 19.0 Å². The predicted octanol–water partition coefficient (Wildman–Crippen LogP) is 1.82. The van der Waals surface area contributed by atoms with Crippen LogP contribution in [-0.4, -0.2) is 18.1 Å². The smallest absolute Gasteiger partial charge is 0.254 e. The van der Waals surface area contributed by atoms with E-state index in [-0.39, 0.29) is 17.0 Å². The van der Waals surface area contributed by atoms with E-state index in [1.807, 2.05) is 0 Å². The summed E-state index contributed by atoms with van der Waals surface area (Å²) in [7, 11) is 0. The van der Waals surface area contributed by atoms with Crippen LogP contribution in [0.5, 0.6) is 0 Å². The number of hydrogen-bond acceptors (Lipinski definition) is 2. The molecule has 16 heavy (non-hydrogen) atoms. The number of rotatable bonds is 1. The van der Waals surface area contributed by atoms with Crippen molar-refractivity contribution < 1.29 is 4.39 Å². The molecule has 2 N–H and O–H groups in total. The fraction of sp³-hybridized carbons (Fsp3) is 0.545. The van der Waals surface area contributed by atoms with Gasteiger partial charge in [0.15, 0.2) is 0 Å². The first-order valence-corrected chi connectivity index (χ1v) is 5.70. The lowest BCUT2D eigenvalue weighted by atomic mass is 9.80. The van der Waals surface area contributed by atoms with Crippen molar-refractivity contribution in [2.75, 3.05) is 13.1 Å². The van der Waals surface area contributed by atoms with E-state index in [1.54, 1.807) is 6.92 Å². The number of pyridine rings is 1. The topological polar surface area (TPSA) is 44.9 Å². The van der Waals surface area contributed by atoms with Gasteiger partial charge in [0.2, 0.25) is 0 Å². The minimum absolute atomic E-state index is 0.147. The summed E-state index contributed by atoms with van der Waals surface area (Å²) < 4.78 is 14.8. The minimum atomic E-state index is -1.58. The van der Waals surface area contributed by atoms with Crippen LogP contribution >= 0.6 is 11.6 Å². The molecule has 0 aromatic carbocycles. The highest BCUT2D eigenvalue weighted by Crippen LogP contribution is 2.37. The van der Waals surface area contributed by atoms with Gasteiger partial charge in [-0.25, -0.2) is 4.39 Å². The summed E-state index contributed by atoms with van der Waals surface area (Å²) in [5.74, 6) is -0.235. The van der Waals surface area contributed by atoms with Crippen LogP contribution in [0.2, 0.25) is 5.02 Å². The van der Waals surface area contributed by atoms with Gasteiger partial charge in [-0.15, -0.1) is 0 Å². The molecule has 1 fully saturated rings. The number of aromatic amines is 1. The Morgan fingerprint density at radius 3 is 3.06 bits per heavy atom. The summed E-state index contributed by atoms with van der Waals surface area (Å²) >= 11 is 5.79. The molecule has 1 saturated heterocycles. The third-order valence-corrected chi connectivity index (χ3v) is 3.43. The third-order valence-electron chi connectivity index (χ3n) is 3.21. The first-order valence-electron chi connectivity index (χ1n) is 5.32. The molecule has 0 bridgehead atoms. The maximum atomic E-state index is 14.8. The summed E-state index contributed by atoms with van der Waals surface area (Å²) in [6.45, 7) is 2.95. The van der Waals surface area contributed by atoms with Gasteiger partial charge in [-0.3, -0.25) is 4.79 Å².